The molecule has 0 heterocycles. The van der Waals surface area contributed by atoms with E-state index in [1.54, 1.807) is 0 Å². The van der Waals surface area contributed by atoms with Crippen molar-refractivity contribution in [2.75, 3.05) is 6.54 Å². The molecule has 0 aromatic heterocycles. The summed E-state index contributed by atoms with van der Waals surface area (Å²) in [7, 11) is 0. The lowest BCUT2D eigenvalue weighted by atomic mass is 10.2. The first kappa shape index (κ1) is 14.0. The van der Waals surface area contributed by atoms with Gasteiger partial charge in [0.2, 0.25) is 5.91 Å². The number of carbonyl (C=O) groups excluding carboxylic acids is 1. The summed E-state index contributed by atoms with van der Waals surface area (Å²) in [6.07, 6.45) is 9.18. The third-order valence-electron chi connectivity index (χ3n) is 2.25. The lowest BCUT2D eigenvalue weighted by molar-refractivity contribution is -0.121. The van der Waals surface area contributed by atoms with Crippen molar-refractivity contribution in [1.82, 2.24) is 5.32 Å². The zero-order valence-corrected chi connectivity index (χ0v) is 9.46. The molecule has 1 atom stereocenters. The van der Waals surface area contributed by atoms with E-state index in [9.17, 15) is 9.90 Å². The van der Waals surface area contributed by atoms with Crippen molar-refractivity contribution in [1.29, 1.82) is 0 Å². The van der Waals surface area contributed by atoms with Crippen molar-refractivity contribution in [3.63, 3.8) is 0 Å². The minimum absolute atomic E-state index is 0.0512. The van der Waals surface area contributed by atoms with Gasteiger partial charge in [0, 0.05) is 19.4 Å². The van der Waals surface area contributed by atoms with Gasteiger partial charge in [0.1, 0.15) is 0 Å². The lowest BCUT2D eigenvalue weighted by Crippen LogP contribution is -2.26. The van der Waals surface area contributed by atoms with Gasteiger partial charge in [-0.05, 0) is 25.7 Å². The van der Waals surface area contributed by atoms with Crippen LogP contribution in [0.4, 0.5) is 0 Å². The quantitative estimate of drug-likeness (QED) is 0.471. The third kappa shape index (κ3) is 9.30. The Labute approximate surface area is 92.3 Å². The molecule has 1 amide bonds. The van der Waals surface area contributed by atoms with Crippen molar-refractivity contribution >= 4 is 5.91 Å². The Morgan fingerprint density at radius 1 is 1.53 bits per heavy atom. The Hall–Kier alpha value is -1.01. The van der Waals surface area contributed by atoms with Crippen LogP contribution in [0.5, 0.6) is 0 Å². The van der Waals surface area contributed by atoms with E-state index < -0.39 is 0 Å². The van der Waals surface area contributed by atoms with E-state index in [-0.39, 0.29) is 12.0 Å². The largest absolute Gasteiger partial charge is 0.393 e. The highest BCUT2D eigenvalue weighted by Crippen LogP contribution is 1.99. The standard InChI is InChI=1S/C12H21NO2/c1-3-5-6-7-8-12(15)13-10-9-11(14)4-2/h1,11,14H,4-10H2,2H3,(H,13,15). The maximum Gasteiger partial charge on any atom is 0.219 e. The fraction of sp³-hybridized carbons (Fsp3) is 0.750. The predicted molar refractivity (Wildman–Crippen MR) is 61.2 cm³/mol. The van der Waals surface area contributed by atoms with Crippen LogP contribution in [-0.4, -0.2) is 23.7 Å². The first-order valence-corrected chi connectivity index (χ1v) is 5.59. The maximum absolute atomic E-state index is 11.2. The molecule has 0 fully saturated rings. The fourth-order valence-electron chi connectivity index (χ4n) is 1.18. The predicted octanol–water partition coefficient (Wildman–Crippen LogP) is 1.46. The number of rotatable bonds is 8. The molecule has 1 unspecified atom stereocenters. The van der Waals surface area contributed by atoms with Crippen LogP contribution in [0, 0.1) is 12.3 Å². The summed E-state index contributed by atoms with van der Waals surface area (Å²) in [5.41, 5.74) is 0. The molecule has 3 heteroatoms. The van der Waals surface area contributed by atoms with Gasteiger partial charge in [0.05, 0.1) is 6.10 Å². The van der Waals surface area contributed by atoms with Crippen molar-refractivity contribution in [2.45, 2.75) is 51.6 Å². The molecule has 0 saturated heterocycles. The average molecular weight is 211 g/mol. The molecule has 0 radical (unpaired) electrons. The molecule has 15 heavy (non-hydrogen) atoms. The Morgan fingerprint density at radius 2 is 2.27 bits per heavy atom. The molecule has 2 N–H and O–H groups in total. The van der Waals surface area contributed by atoms with Crippen LogP contribution < -0.4 is 5.32 Å². The van der Waals surface area contributed by atoms with E-state index in [1.807, 2.05) is 6.92 Å². The minimum Gasteiger partial charge on any atom is -0.393 e. The summed E-state index contributed by atoms with van der Waals surface area (Å²) >= 11 is 0. The number of aliphatic hydroxyl groups excluding tert-OH is 1. The second-order valence-electron chi connectivity index (χ2n) is 3.61. The smallest absolute Gasteiger partial charge is 0.219 e. The number of hydrogen-bond donors (Lipinski definition) is 2. The molecule has 0 aliphatic carbocycles. The van der Waals surface area contributed by atoms with Gasteiger partial charge in [0.15, 0.2) is 0 Å². The van der Waals surface area contributed by atoms with Crippen LogP contribution >= 0.6 is 0 Å². The van der Waals surface area contributed by atoms with Crippen molar-refractivity contribution in [3.05, 3.63) is 0 Å². The third-order valence-corrected chi connectivity index (χ3v) is 2.25. The number of terminal acetylenes is 1. The van der Waals surface area contributed by atoms with E-state index >= 15 is 0 Å². The van der Waals surface area contributed by atoms with Gasteiger partial charge in [0.25, 0.3) is 0 Å². The Morgan fingerprint density at radius 3 is 2.87 bits per heavy atom. The number of aliphatic hydroxyl groups is 1. The maximum atomic E-state index is 11.2. The van der Waals surface area contributed by atoms with Crippen molar-refractivity contribution in [3.8, 4) is 12.3 Å². The highest BCUT2D eigenvalue weighted by molar-refractivity contribution is 5.75. The van der Waals surface area contributed by atoms with Crippen LogP contribution in [0.15, 0.2) is 0 Å². The molecule has 0 aromatic rings. The summed E-state index contributed by atoms with van der Waals surface area (Å²) in [5.74, 6) is 2.59. The Bertz CT molecular complexity index is 208. The first-order chi connectivity index (χ1) is 7.20. The number of carbonyl (C=O) groups is 1. The van der Waals surface area contributed by atoms with Gasteiger partial charge >= 0.3 is 0 Å². The number of hydrogen-bond acceptors (Lipinski definition) is 2. The highest BCUT2D eigenvalue weighted by atomic mass is 16.3. The van der Waals surface area contributed by atoms with Crippen LogP contribution in [0.1, 0.15) is 45.4 Å². The topological polar surface area (TPSA) is 49.3 Å². The Kier molecular flexibility index (Phi) is 8.90. The summed E-state index contributed by atoms with van der Waals surface area (Å²) in [6, 6.07) is 0. The highest BCUT2D eigenvalue weighted by Gasteiger charge is 2.03. The molecular formula is C12H21NO2. The molecule has 0 rings (SSSR count). The zero-order chi connectivity index (χ0) is 11.5. The molecule has 0 aromatic carbocycles. The summed E-state index contributed by atoms with van der Waals surface area (Å²) in [4.78, 5) is 11.2. The van der Waals surface area contributed by atoms with E-state index in [2.05, 4.69) is 11.2 Å². The summed E-state index contributed by atoms with van der Waals surface area (Å²) < 4.78 is 0. The van der Waals surface area contributed by atoms with Crippen molar-refractivity contribution < 1.29 is 9.90 Å². The molecular weight excluding hydrogens is 190 g/mol. The number of amides is 1. The van der Waals surface area contributed by atoms with Gasteiger partial charge in [-0.15, -0.1) is 12.3 Å². The van der Waals surface area contributed by atoms with Gasteiger partial charge in [-0.1, -0.05) is 6.92 Å². The normalized spacial score (nSPS) is 11.8. The molecule has 0 bridgehead atoms. The van der Waals surface area contributed by atoms with Crippen LogP contribution in [0.25, 0.3) is 0 Å². The van der Waals surface area contributed by atoms with Crippen LogP contribution in [0.3, 0.4) is 0 Å². The second kappa shape index (κ2) is 9.54. The SMILES string of the molecule is C#CCCCCC(=O)NCCC(O)CC. The monoisotopic (exact) mass is 211 g/mol. The first-order valence-electron chi connectivity index (χ1n) is 5.59. The average Bonchev–Trinajstić information content (AvgIpc) is 2.24. The summed E-state index contributed by atoms with van der Waals surface area (Å²) in [5, 5.41) is 12.0. The minimum atomic E-state index is -0.299. The van der Waals surface area contributed by atoms with Crippen molar-refractivity contribution in [2.24, 2.45) is 0 Å². The van der Waals surface area contributed by atoms with E-state index in [1.165, 1.54) is 0 Å². The molecule has 0 aliphatic heterocycles. The van der Waals surface area contributed by atoms with Crippen LogP contribution in [0.2, 0.25) is 0 Å². The van der Waals surface area contributed by atoms with Crippen LogP contribution in [-0.2, 0) is 4.79 Å². The fourth-order valence-corrected chi connectivity index (χ4v) is 1.18. The molecule has 3 nitrogen and oxygen atoms in total. The van der Waals surface area contributed by atoms with Gasteiger partial charge < -0.3 is 10.4 Å². The van der Waals surface area contributed by atoms with E-state index in [4.69, 9.17) is 6.42 Å². The zero-order valence-electron chi connectivity index (χ0n) is 9.46. The van der Waals surface area contributed by atoms with E-state index in [0.29, 0.717) is 19.4 Å². The van der Waals surface area contributed by atoms with Gasteiger partial charge in [-0.3, -0.25) is 4.79 Å². The second-order valence-corrected chi connectivity index (χ2v) is 3.61. The molecule has 86 valence electrons. The number of nitrogens with one attached hydrogen (secondary N) is 1. The number of unbranched alkanes of at least 4 members (excludes halogenated alkanes) is 2. The molecule has 0 spiro atoms. The molecule has 0 saturated carbocycles. The molecule has 0 aliphatic rings. The Balaban J connectivity index is 3.30. The van der Waals surface area contributed by atoms with Gasteiger partial charge in [-0.25, -0.2) is 0 Å². The van der Waals surface area contributed by atoms with Gasteiger partial charge in [-0.2, -0.15) is 0 Å². The lowest BCUT2D eigenvalue weighted by Gasteiger charge is -2.08. The van der Waals surface area contributed by atoms with E-state index in [0.717, 1.165) is 25.7 Å². The summed E-state index contributed by atoms with van der Waals surface area (Å²) in [6.45, 7) is 2.48.